The van der Waals surface area contributed by atoms with E-state index in [4.69, 9.17) is 5.26 Å². The molecule has 3 heteroatoms. The van der Waals surface area contributed by atoms with Crippen LogP contribution in [0.1, 0.15) is 12.8 Å². The van der Waals surface area contributed by atoms with Gasteiger partial charge in [-0.25, -0.2) is 0 Å². The highest BCUT2D eigenvalue weighted by Gasteiger charge is 2.32. The second-order valence-electron chi connectivity index (χ2n) is 2.87. The molecule has 0 bridgehead atoms. The molecule has 0 heterocycles. The summed E-state index contributed by atoms with van der Waals surface area (Å²) in [5.41, 5.74) is 0. The van der Waals surface area contributed by atoms with E-state index in [1.807, 2.05) is 19.0 Å². The molecule has 0 radical (unpaired) electrons. The standard InChI is InChI=1S/C7H12N2.ClH/c1-9(2)7(5-8)6-3-4-6;/h6-7H,3-4H2,1-2H3;1H. The van der Waals surface area contributed by atoms with Crippen LogP contribution in [0.5, 0.6) is 0 Å². The molecule has 1 rings (SSSR count). The van der Waals surface area contributed by atoms with Crippen LogP contribution in [0.4, 0.5) is 0 Å². The maximum Gasteiger partial charge on any atom is 0.100 e. The van der Waals surface area contributed by atoms with E-state index < -0.39 is 0 Å². The average molecular weight is 161 g/mol. The first kappa shape index (κ1) is 9.74. The first-order valence-corrected chi connectivity index (χ1v) is 3.31. The van der Waals surface area contributed by atoms with Crippen molar-refractivity contribution in [3.8, 4) is 6.07 Å². The lowest BCUT2D eigenvalue weighted by molar-refractivity contribution is 0.322. The summed E-state index contributed by atoms with van der Waals surface area (Å²) in [6.45, 7) is 0. The normalized spacial score (nSPS) is 19.4. The van der Waals surface area contributed by atoms with Crippen LogP contribution in [-0.4, -0.2) is 25.0 Å². The highest BCUT2D eigenvalue weighted by molar-refractivity contribution is 5.85. The van der Waals surface area contributed by atoms with E-state index in [9.17, 15) is 0 Å². The molecular weight excluding hydrogens is 148 g/mol. The van der Waals surface area contributed by atoms with E-state index in [1.54, 1.807) is 0 Å². The van der Waals surface area contributed by atoms with Crippen LogP contribution in [0, 0.1) is 17.2 Å². The zero-order chi connectivity index (χ0) is 6.85. The summed E-state index contributed by atoms with van der Waals surface area (Å²) in [5, 5.41) is 8.62. The molecule has 0 amide bonds. The minimum atomic E-state index is 0. The van der Waals surface area contributed by atoms with Crippen molar-refractivity contribution < 1.29 is 0 Å². The Balaban J connectivity index is 0.000000810. The Morgan fingerprint density at radius 2 is 2.00 bits per heavy atom. The summed E-state index contributed by atoms with van der Waals surface area (Å²) in [6.07, 6.45) is 2.49. The SMILES string of the molecule is CN(C)C(C#N)C1CC1.Cl. The monoisotopic (exact) mass is 160 g/mol. The maximum absolute atomic E-state index is 8.62. The number of nitriles is 1. The van der Waals surface area contributed by atoms with E-state index in [-0.39, 0.29) is 18.4 Å². The summed E-state index contributed by atoms with van der Waals surface area (Å²) < 4.78 is 0. The van der Waals surface area contributed by atoms with E-state index in [1.165, 1.54) is 12.8 Å². The molecule has 1 aliphatic rings. The third-order valence-electron chi connectivity index (χ3n) is 1.76. The largest absolute Gasteiger partial charge is 0.294 e. The van der Waals surface area contributed by atoms with Crippen LogP contribution < -0.4 is 0 Å². The fraction of sp³-hybridized carbons (Fsp3) is 0.857. The summed E-state index contributed by atoms with van der Waals surface area (Å²) in [5.74, 6) is 0.671. The molecule has 1 fully saturated rings. The molecule has 1 aliphatic carbocycles. The minimum absolute atomic E-state index is 0. The smallest absolute Gasteiger partial charge is 0.100 e. The van der Waals surface area contributed by atoms with E-state index >= 15 is 0 Å². The molecule has 1 atom stereocenters. The molecule has 0 aromatic heterocycles. The molecule has 0 aromatic rings. The molecule has 2 nitrogen and oxygen atoms in total. The summed E-state index contributed by atoms with van der Waals surface area (Å²) in [7, 11) is 3.93. The maximum atomic E-state index is 8.62. The number of hydrogen-bond donors (Lipinski definition) is 0. The lowest BCUT2D eigenvalue weighted by Crippen LogP contribution is -2.27. The van der Waals surface area contributed by atoms with Crippen molar-refractivity contribution >= 4 is 12.4 Å². The van der Waals surface area contributed by atoms with Crippen molar-refractivity contribution in [3.05, 3.63) is 0 Å². The molecule has 58 valence electrons. The van der Waals surface area contributed by atoms with Gasteiger partial charge in [-0.2, -0.15) is 5.26 Å². The highest BCUT2D eigenvalue weighted by Crippen LogP contribution is 2.33. The minimum Gasteiger partial charge on any atom is -0.294 e. The Morgan fingerprint density at radius 3 is 2.10 bits per heavy atom. The van der Waals surface area contributed by atoms with E-state index in [0.717, 1.165) is 0 Å². The second kappa shape index (κ2) is 3.80. The zero-order valence-electron chi connectivity index (χ0n) is 6.37. The second-order valence-corrected chi connectivity index (χ2v) is 2.87. The van der Waals surface area contributed by atoms with Crippen molar-refractivity contribution in [2.75, 3.05) is 14.1 Å². The lowest BCUT2D eigenvalue weighted by atomic mass is 10.2. The molecular formula is C7H13ClN2. The van der Waals surface area contributed by atoms with Gasteiger partial charge in [-0.3, -0.25) is 4.90 Å². The Bertz CT molecular complexity index is 133. The Labute approximate surface area is 68.2 Å². The Kier molecular flexibility index (Phi) is 3.70. The molecule has 0 N–H and O–H groups in total. The van der Waals surface area contributed by atoms with E-state index in [2.05, 4.69) is 6.07 Å². The number of nitrogens with zero attached hydrogens (tertiary/aromatic N) is 2. The van der Waals surface area contributed by atoms with Crippen LogP contribution in [0.15, 0.2) is 0 Å². The fourth-order valence-corrected chi connectivity index (χ4v) is 1.05. The summed E-state index contributed by atoms with van der Waals surface area (Å²) in [6, 6.07) is 2.46. The molecule has 0 saturated heterocycles. The van der Waals surface area contributed by atoms with Gasteiger partial charge in [0.25, 0.3) is 0 Å². The molecule has 10 heavy (non-hydrogen) atoms. The van der Waals surface area contributed by atoms with Gasteiger partial charge >= 0.3 is 0 Å². The molecule has 1 saturated carbocycles. The molecule has 0 aromatic carbocycles. The van der Waals surface area contributed by atoms with Crippen molar-refractivity contribution in [1.82, 2.24) is 4.90 Å². The van der Waals surface area contributed by atoms with Gasteiger partial charge in [0.05, 0.1) is 6.07 Å². The molecule has 0 spiro atoms. The molecule has 0 aliphatic heterocycles. The van der Waals surface area contributed by atoms with Crippen molar-refractivity contribution in [1.29, 1.82) is 5.26 Å². The van der Waals surface area contributed by atoms with Gasteiger partial charge in [0.15, 0.2) is 0 Å². The van der Waals surface area contributed by atoms with Crippen molar-refractivity contribution in [2.45, 2.75) is 18.9 Å². The van der Waals surface area contributed by atoms with Gasteiger partial charge in [0, 0.05) is 0 Å². The first-order chi connectivity index (χ1) is 4.25. The Morgan fingerprint density at radius 1 is 1.50 bits per heavy atom. The van der Waals surface area contributed by atoms with Gasteiger partial charge in [-0.05, 0) is 32.9 Å². The quantitative estimate of drug-likeness (QED) is 0.609. The van der Waals surface area contributed by atoms with Gasteiger partial charge in [-0.1, -0.05) is 0 Å². The average Bonchev–Trinajstić information content (AvgIpc) is 2.50. The number of rotatable bonds is 2. The lowest BCUT2D eigenvalue weighted by Gasteiger charge is -2.15. The number of halogens is 1. The highest BCUT2D eigenvalue weighted by atomic mass is 35.5. The van der Waals surface area contributed by atoms with Crippen LogP contribution >= 0.6 is 12.4 Å². The first-order valence-electron chi connectivity index (χ1n) is 3.31. The molecule has 1 unspecified atom stereocenters. The van der Waals surface area contributed by atoms with Gasteiger partial charge < -0.3 is 0 Å². The number of hydrogen-bond acceptors (Lipinski definition) is 2. The predicted octanol–water partition coefficient (Wildman–Crippen LogP) is 1.27. The van der Waals surface area contributed by atoms with Crippen LogP contribution in [0.3, 0.4) is 0 Å². The summed E-state index contributed by atoms with van der Waals surface area (Å²) in [4.78, 5) is 2.00. The predicted molar refractivity (Wildman–Crippen MR) is 43.1 cm³/mol. The van der Waals surface area contributed by atoms with Gasteiger partial charge in [0.2, 0.25) is 0 Å². The van der Waals surface area contributed by atoms with Crippen LogP contribution in [-0.2, 0) is 0 Å². The fourth-order valence-electron chi connectivity index (χ4n) is 1.05. The topological polar surface area (TPSA) is 27.0 Å². The van der Waals surface area contributed by atoms with Crippen LogP contribution in [0.2, 0.25) is 0 Å². The third-order valence-corrected chi connectivity index (χ3v) is 1.76. The summed E-state index contributed by atoms with van der Waals surface area (Å²) >= 11 is 0. The van der Waals surface area contributed by atoms with Crippen LogP contribution in [0.25, 0.3) is 0 Å². The van der Waals surface area contributed by atoms with Gasteiger partial charge in [0.1, 0.15) is 6.04 Å². The van der Waals surface area contributed by atoms with Crippen molar-refractivity contribution in [3.63, 3.8) is 0 Å². The van der Waals surface area contributed by atoms with Gasteiger partial charge in [-0.15, -0.1) is 12.4 Å². The van der Waals surface area contributed by atoms with E-state index in [0.29, 0.717) is 5.92 Å². The zero-order valence-corrected chi connectivity index (χ0v) is 7.19. The Hall–Kier alpha value is -0.260. The van der Waals surface area contributed by atoms with Crippen molar-refractivity contribution in [2.24, 2.45) is 5.92 Å². The third kappa shape index (κ3) is 2.17.